The molecule has 0 aromatic rings. The Labute approximate surface area is 91.7 Å². The number of nitrogens with one attached hydrogen (secondary N) is 1. The maximum atomic E-state index is 11.6. The molecule has 15 heavy (non-hydrogen) atoms. The van der Waals surface area contributed by atoms with Crippen molar-refractivity contribution in [1.29, 1.82) is 5.26 Å². The fourth-order valence-corrected chi connectivity index (χ4v) is 2.53. The number of hydrogen-bond donors (Lipinski definition) is 1. The van der Waals surface area contributed by atoms with Crippen molar-refractivity contribution in [3.05, 3.63) is 0 Å². The molecule has 2 atom stereocenters. The number of hydrogen-bond acceptors (Lipinski definition) is 3. The quantitative estimate of drug-likeness (QED) is 0.749. The fraction of sp³-hybridized carbons (Fsp3) is 0.900. The summed E-state index contributed by atoms with van der Waals surface area (Å²) in [5.41, 5.74) is 0. The minimum atomic E-state index is -3.45. The SMILES string of the molecule is CCC(CC1CC1)NS(=O)(=O)C(C)C#N. The van der Waals surface area contributed by atoms with Crippen LogP contribution in [0.3, 0.4) is 0 Å². The molecule has 0 spiro atoms. The van der Waals surface area contributed by atoms with E-state index in [1.807, 2.05) is 6.92 Å². The predicted molar refractivity (Wildman–Crippen MR) is 58.6 cm³/mol. The summed E-state index contributed by atoms with van der Waals surface area (Å²) in [5, 5.41) is 7.61. The highest BCUT2D eigenvalue weighted by molar-refractivity contribution is 7.90. The Hall–Kier alpha value is -0.600. The molecule has 1 aliphatic carbocycles. The van der Waals surface area contributed by atoms with Crippen molar-refractivity contribution in [1.82, 2.24) is 4.72 Å². The maximum Gasteiger partial charge on any atom is 0.227 e. The highest BCUT2D eigenvalue weighted by Crippen LogP contribution is 2.34. The molecule has 1 aliphatic rings. The van der Waals surface area contributed by atoms with Gasteiger partial charge in [0.05, 0.1) is 6.07 Å². The zero-order valence-corrected chi connectivity index (χ0v) is 10.0. The molecule has 1 fully saturated rings. The Morgan fingerprint density at radius 3 is 2.53 bits per heavy atom. The molecule has 5 heteroatoms. The van der Waals surface area contributed by atoms with Crippen LogP contribution in [0.15, 0.2) is 0 Å². The smallest absolute Gasteiger partial charge is 0.211 e. The molecule has 0 aromatic heterocycles. The van der Waals surface area contributed by atoms with E-state index in [0.29, 0.717) is 5.92 Å². The van der Waals surface area contributed by atoms with Gasteiger partial charge in [-0.2, -0.15) is 5.26 Å². The molecule has 1 rings (SSSR count). The topological polar surface area (TPSA) is 70.0 Å². The Bertz CT molecular complexity index is 341. The normalized spacial score (nSPS) is 20.6. The van der Waals surface area contributed by atoms with Crippen LogP contribution in [0.5, 0.6) is 0 Å². The Balaban J connectivity index is 2.53. The van der Waals surface area contributed by atoms with Crippen molar-refractivity contribution < 1.29 is 8.42 Å². The summed E-state index contributed by atoms with van der Waals surface area (Å²) in [6.45, 7) is 3.37. The highest BCUT2D eigenvalue weighted by Gasteiger charge is 2.29. The molecule has 4 nitrogen and oxygen atoms in total. The molecule has 0 radical (unpaired) electrons. The third-order valence-electron chi connectivity index (χ3n) is 2.79. The molecule has 1 N–H and O–H groups in total. The summed E-state index contributed by atoms with van der Waals surface area (Å²) < 4.78 is 25.8. The number of sulfonamides is 1. The summed E-state index contributed by atoms with van der Waals surface area (Å²) >= 11 is 0. The van der Waals surface area contributed by atoms with E-state index in [9.17, 15) is 8.42 Å². The summed E-state index contributed by atoms with van der Waals surface area (Å²) in [6.07, 6.45) is 4.12. The summed E-state index contributed by atoms with van der Waals surface area (Å²) in [4.78, 5) is 0. The molecular formula is C10H18N2O2S. The second-order valence-electron chi connectivity index (χ2n) is 4.22. The lowest BCUT2D eigenvalue weighted by Gasteiger charge is -2.17. The van der Waals surface area contributed by atoms with E-state index in [1.54, 1.807) is 6.07 Å². The van der Waals surface area contributed by atoms with Crippen molar-refractivity contribution in [3.63, 3.8) is 0 Å². The molecule has 0 amide bonds. The van der Waals surface area contributed by atoms with Gasteiger partial charge in [0.15, 0.2) is 5.25 Å². The van der Waals surface area contributed by atoms with E-state index >= 15 is 0 Å². The first-order valence-electron chi connectivity index (χ1n) is 5.40. The van der Waals surface area contributed by atoms with Crippen molar-refractivity contribution in [2.75, 3.05) is 0 Å². The minimum Gasteiger partial charge on any atom is -0.211 e. The molecule has 1 saturated carbocycles. The van der Waals surface area contributed by atoms with Crippen LogP contribution in [-0.2, 0) is 10.0 Å². The molecule has 2 unspecified atom stereocenters. The first-order valence-corrected chi connectivity index (χ1v) is 6.95. The predicted octanol–water partition coefficient (Wildman–Crippen LogP) is 1.40. The van der Waals surface area contributed by atoms with Gasteiger partial charge < -0.3 is 0 Å². The van der Waals surface area contributed by atoms with Crippen molar-refractivity contribution in [3.8, 4) is 6.07 Å². The maximum absolute atomic E-state index is 11.6. The third kappa shape index (κ3) is 3.80. The standard InChI is InChI=1S/C10H18N2O2S/c1-3-10(6-9-4-5-9)12-15(13,14)8(2)7-11/h8-10,12H,3-6H2,1-2H3. The second kappa shape index (κ2) is 4.95. The minimum absolute atomic E-state index is 0.00157. The number of nitrogens with zero attached hydrogens (tertiary/aromatic N) is 1. The average Bonchev–Trinajstić information content (AvgIpc) is 2.98. The van der Waals surface area contributed by atoms with E-state index in [-0.39, 0.29) is 6.04 Å². The van der Waals surface area contributed by atoms with Crippen molar-refractivity contribution in [2.24, 2.45) is 5.92 Å². The number of rotatable bonds is 6. The van der Waals surface area contributed by atoms with E-state index in [4.69, 9.17) is 5.26 Å². The molecule has 0 heterocycles. The molecular weight excluding hydrogens is 212 g/mol. The lowest BCUT2D eigenvalue weighted by molar-refractivity contribution is 0.493. The van der Waals surface area contributed by atoms with Crippen molar-refractivity contribution >= 4 is 10.0 Å². The van der Waals surface area contributed by atoms with Crippen LogP contribution in [0.25, 0.3) is 0 Å². The van der Waals surface area contributed by atoms with Gasteiger partial charge in [-0.1, -0.05) is 19.8 Å². The summed E-state index contributed by atoms with van der Waals surface area (Å²) in [5.74, 6) is 0.690. The van der Waals surface area contributed by atoms with Crippen LogP contribution in [0.4, 0.5) is 0 Å². The van der Waals surface area contributed by atoms with Gasteiger partial charge in [0.2, 0.25) is 10.0 Å². The third-order valence-corrected chi connectivity index (χ3v) is 4.48. The molecule has 86 valence electrons. The average molecular weight is 230 g/mol. The van der Waals surface area contributed by atoms with E-state index < -0.39 is 15.3 Å². The lowest BCUT2D eigenvalue weighted by atomic mass is 10.1. The Morgan fingerprint density at radius 1 is 1.53 bits per heavy atom. The van der Waals surface area contributed by atoms with Gasteiger partial charge in [-0.15, -0.1) is 0 Å². The molecule has 0 aromatic carbocycles. The van der Waals surface area contributed by atoms with Gasteiger partial charge in [-0.3, -0.25) is 0 Å². The Kier molecular flexibility index (Phi) is 4.12. The summed E-state index contributed by atoms with van der Waals surface area (Å²) in [6, 6.07) is 1.75. The van der Waals surface area contributed by atoms with E-state index in [0.717, 1.165) is 12.8 Å². The molecule has 0 saturated heterocycles. The van der Waals surface area contributed by atoms with Gasteiger partial charge in [0.25, 0.3) is 0 Å². The van der Waals surface area contributed by atoms with Crippen LogP contribution in [0.1, 0.15) is 39.5 Å². The van der Waals surface area contributed by atoms with Crippen LogP contribution in [0.2, 0.25) is 0 Å². The molecule has 0 aliphatic heterocycles. The number of nitriles is 1. The summed E-state index contributed by atoms with van der Waals surface area (Å²) in [7, 11) is -3.45. The van der Waals surface area contributed by atoms with Crippen LogP contribution >= 0.6 is 0 Å². The van der Waals surface area contributed by atoms with Crippen LogP contribution in [-0.4, -0.2) is 19.7 Å². The van der Waals surface area contributed by atoms with Gasteiger partial charge in [0.1, 0.15) is 0 Å². The zero-order valence-electron chi connectivity index (χ0n) is 9.23. The Morgan fingerprint density at radius 2 is 2.13 bits per heavy atom. The van der Waals surface area contributed by atoms with Crippen molar-refractivity contribution in [2.45, 2.75) is 50.8 Å². The second-order valence-corrected chi connectivity index (χ2v) is 6.25. The van der Waals surface area contributed by atoms with E-state index in [1.165, 1.54) is 19.8 Å². The largest absolute Gasteiger partial charge is 0.227 e. The zero-order chi connectivity index (χ0) is 11.5. The monoisotopic (exact) mass is 230 g/mol. The molecule has 0 bridgehead atoms. The van der Waals surface area contributed by atoms with Gasteiger partial charge in [-0.05, 0) is 25.7 Å². The van der Waals surface area contributed by atoms with Gasteiger partial charge in [-0.25, -0.2) is 13.1 Å². The van der Waals surface area contributed by atoms with Gasteiger partial charge in [0, 0.05) is 6.04 Å². The first kappa shape index (κ1) is 12.5. The van der Waals surface area contributed by atoms with Crippen LogP contribution in [0, 0.1) is 17.2 Å². The first-order chi connectivity index (χ1) is 6.99. The van der Waals surface area contributed by atoms with E-state index in [2.05, 4.69) is 4.72 Å². The lowest BCUT2D eigenvalue weighted by Crippen LogP contribution is -2.39. The van der Waals surface area contributed by atoms with Gasteiger partial charge >= 0.3 is 0 Å². The highest BCUT2D eigenvalue weighted by atomic mass is 32.2. The van der Waals surface area contributed by atoms with Crippen LogP contribution < -0.4 is 4.72 Å². The fourth-order valence-electron chi connectivity index (χ4n) is 1.46.